The molecule has 2 atom stereocenters. The molecule has 0 fully saturated rings. The van der Waals surface area contributed by atoms with Gasteiger partial charge in [0.2, 0.25) is 11.8 Å². The van der Waals surface area contributed by atoms with Crippen LogP contribution in [0.2, 0.25) is 0 Å². The molecule has 0 radical (unpaired) electrons. The topological polar surface area (TPSA) is 145 Å². The van der Waals surface area contributed by atoms with Gasteiger partial charge >= 0.3 is 11.9 Å². The normalized spacial score (nSPS) is 12.6. The monoisotopic (exact) mass is 475 g/mol. The first kappa shape index (κ1) is 23.9. The van der Waals surface area contributed by atoms with Crippen molar-refractivity contribution in [2.75, 3.05) is 12.3 Å². The third kappa shape index (κ3) is 9.72. The number of amides is 2. The first-order valence-electron chi connectivity index (χ1n) is 8.36. The van der Waals surface area contributed by atoms with Crippen molar-refractivity contribution in [1.82, 2.24) is 16.0 Å². The van der Waals surface area contributed by atoms with Crippen molar-refractivity contribution in [3.05, 3.63) is 35.9 Å². The van der Waals surface area contributed by atoms with E-state index in [4.69, 9.17) is 5.11 Å². The summed E-state index contributed by atoms with van der Waals surface area (Å²) in [6, 6.07) is 7.41. The number of aliphatic carboxylic acids is 2. The van der Waals surface area contributed by atoms with Gasteiger partial charge in [-0.3, -0.25) is 19.2 Å². The number of nitrogens with one attached hydrogen (secondary N) is 3. The molecular formula is C17H22BrN3O6S. The van der Waals surface area contributed by atoms with Crippen LogP contribution in [0.5, 0.6) is 0 Å². The lowest BCUT2D eigenvalue weighted by atomic mass is 10.1. The van der Waals surface area contributed by atoms with E-state index in [9.17, 15) is 24.3 Å². The Morgan fingerprint density at radius 2 is 1.75 bits per heavy atom. The number of rotatable bonds is 13. The highest BCUT2D eigenvalue weighted by Crippen LogP contribution is 2.12. The van der Waals surface area contributed by atoms with Gasteiger partial charge in [0.15, 0.2) is 0 Å². The number of carbonyl (C=O) groups excluding carboxylic acids is 2. The molecule has 5 N–H and O–H groups in total. The third-order valence-corrected chi connectivity index (χ3v) is 4.90. The Hall–Kier alpha value is -2.11. The lowest BCUT2D eigenvalue weighted by Gasteiger charge is -2.18. The van der Waals surface area contributed by atoms with Gasteiger partial charge in [0, 0.05) is 18.7 Å². The van der Waals surface area contributed by atoms with Gasteiger partial charge in [0.25, 0.3) is 0 Å². The molecule has 0 aliphatic heterocycles. The van der Waals surface area contributed by atoms with E-state index in [0.29, 0.717) is 6.54 Å². The zero-order valence-corrected chi connectivity index (χ0v) is 17.3. The molecule has 0 saturated carbocycles. The first-order chi connectivity index (χ1) is 13.3. The zero-order chi connectivity index (χ0) is 20.9. The number of hydrogen-bond donors (Lipinski definition) is 5. The van der Waals surface area contributed by atoms with Gasteiger partial charge in [-0.05, 0) is 26.8 Å². The SMILES string of the molecule is O=C(O)CNC(=O)C(CSBr)NC(=O)CCC(NCc1ccccc1)C(=O)O. The van der Waals surface area contributed by atoms with Crippen molar-refractivity contribution in [3.63, 3.8) is 0 Å². The fraction of sp³-hybridized carbons (Fsp3) is 0.412. The summed E-state index contributed by atoms with van der Waals surface area (Å²) in [7, 11) is 1.13. The van der Waals surface area contributed by atoms with Gasteiger partial charge in [-0.25, -0.2) is 0 Å². The molecule has 0 aromatic heterocycles. The molecule has 1 aromatic rings. The predicted molar refractivity (Wildman–Crippen MR) is 108 cm³/mol. The molecule has 1 aromatic carbocycles. The summed E-state index contributed by atoms with van der Waals surface area (Å²) < 4.78 is 0. The fourth-order valence-corrected chi connectivity index (χ4v) is 3.38. The second kappa shape index (κ2) is 13.1. The number of carbonyl (C=O) groups is 4. The number of carboxylic acid groups (broad SMARTS) is 2. The summed E-state index contributed by atoms with van der Waals surface area (Å²) in [6.45, 7) is -0.206. The molecule has 0 aliphatic carbocycles. The standard InChI is InChI=1S/C17H22BrN3O6S/c18-28-10-13(16(25)20-9-15(23)24)21-14(22)7-6-12(17(26)27)19-8-11-4-2-1-3-5-11/h1-5,12-13,19H,6-10H2,(H,20,25)(H,21,22)(H,23,24)(H,26,27). The smallest absolute Gasteiger partial charge is 0.322 e. The molecule has 0 spiro atoms. The molecule has 9 nitrogen and oxygen atoms in total. The van der Waals surface area contributed by atoms with Crippen LogP contribution in [-0.2, 0) is 25.7 Å². The molecule has 0 heterocycles. The quantitative estimate of drug-likeness (QED) is 0.280. The van der Waals surface area contributed by atoms with Crippen molar-refractivity contribution in [3.8, 4) is 0 Å². The highest BCUT2D eigenvalue weighted by molar-refractivity contribution is 9.50. The Kier molecular flexibility index (Phi) is 11.2. The van der Waals surface area contributed by atoms with Crippen molar-refractivity contribution < 1.29 is 29.4 Å². The van der Waals surface area contributed by atoms with E-state index >= 15 is 0 Å². The Labute approximate surface area is 173 Å². The summed E-state index contributed by atoms with van der Waals surface area (Å²) in [4.78, 5) is 46.0. The van der Waals surface area contributed by atoms with Crippen molar-refractivity contribution in [1.29, 1.82) is 0 Å². The average Bonchev–Trinajstić information content (AvgIpc) is 2.66. The van der Waals surface area contributed by atoms with Gasteiger partial charge in [-0.2, -0.15) is 0 Å². The fourth-order valence-electron chi connectivity index (χ4n) is 2.22. The van der Waals surface area contributed by atoms with Gasteiger partial charge in [-0.15, -0.1) is 0 Å². The Morgan fingerprint density at radius 3 is 2.32 bits per heavy atom. The average molecular weight is 476 g/mol. The Balaban J connectivity index is 2.51. The van der Waals surface area contributed by atoms with Crippen molar-refractivity contribution >= 4 is 48.8 Å². The molecule has 11 heteroatoms. The van der Waals surface area contributed by atoms with Crippen LogP contribution in [0.3, 0.4) is 0 Å². The van der Waals surface area contributed by atoms with Crippen LogP contribution >= 0.6 is 25.0 Å². The summed E-state index contributed by atoms with van der Waals surface area (Å²) in [6.07, 6.45) is -0.0622. The maximum atomic E-state index is 12.1. The molecule has 0 saturated heterocycles. The van der Waals surface area contributed by atoms with Crippen LogP contribution in [0.4, 0.5) is 0 Å². The van der Waals surface area contributed by atoms with E-state index < -0.39 is 42.4 Å². The second-order valence-electron chi connectivity index (χ2n) is 5.80. The van der Waals surface area contributed by atoms with E-state index in [-0.39, 0.29) is 18.6 Å². The lowest BCUT2D eigenvalue weighted by Crippen LogP contribution is -2.49. The van der Waals surface area contributed by atoms with Crippen LogP contribution in [0, 0.1) is 0 Å². The van der Waals surface area contributed by atoms with Crippen LogP contribution in [-0.4, -0.2) is 58.3 Å². The summed E-state index contributed by atoms with van der Waals surface area (Å²) in [5, 5.41) is 25.5. The molecule has 0 aliphatic rings. The molecular weight excluding hydrogens is 454 g/mol. The summed E-state index contributed by atoms with van der Waals surface area (Å²) >= 11 is 3.09. The van der Waals surface area contributed by atoms with Crippen LogP contribution in [0.25, 0.3) is 0 Å². The van der Waals surface area contributed by atoms with Gasteiger partial charge < -0.3 is 26.2 Å². The summed E-state index contributed by atoms with van der Waals surface area (Å²) in [5.74, 6) is -3.20. The highest BCUT2D eigenvalue weighted by atomic mass is 79.9. The van der Waals surface area contributed by atoms with Crippen molar-refractivity contribution in [2.24, 2.45) is 0 Å². The molecule has 1 rings (SSSR count). The molecule has 0 bridgehead atoms. The van der Waals surface area contributed by atoms with Crippen molar-refractivity contribution in [2.45, 2.75) is 31.5 Å². The molecule has 28 heavy (non-hydrogen) atoms. The molecule has 2 unspecified atom stereocenters. The maximum Gasteiger partial charge on any atom is 0.322 e. The Bertz CT molecular complexity index is 676. The second-order valence-corrected chi connectivity index (χ2v) is 7.73. The molecule has 154 valence electrons. The minimum Gasteiger partial charge on any atom is -0.480 e. The lowest BCUT2D eigenvalue weighted by molar-refractivity contribution is -0.140. The maximum absolute atomic E-state index is 12.1. The number of carboxylic acids is 2. The zero-order valence-electron chi connectivity index (χ0n) is 14.9. The number of benzene rings is 1. The number of halogens is 1. The van der Waals surface area contributed by atoms with Gasteiger partial charge in [0.05, 0.1) is 0 Å². The summed E-state index contributed by atoms with van der Waals surface area (Å²) in [5.41, 5.74) is 0.919. The minimum atomic E-state index is -1.20. The largest absolute Gasteiger partial charge is 0.480 e. The van der Waals surface area contributed by atoms with E-state index in [1.54, 1.807) is 0 Å². The predicted octanol–water partition coefficient (Wildman–Crippen LogP) is 0.738. The van der Waals surface area contributed by atoms with Gasteiger partial charge in [0.1, 0.15) is 18.6 Å². The molecule has 2 amide bonds. The number of hydrogen-bond acceptors (Lipinski definition) is 6. The first-order valence-corrected chi connectivity index (χ1v) is 11.2. The van der Waals surface area contributed by atoms with Crippen LogP contribution in [0.15, 0.2) is 30.3 Å². The highest BCUT2D eigenvalue weighted by Gasteiger charge is 2.23. The van der Waals surface area contributed by atoms with E-state index in [1.165, 1.54) is 0 Å². The minimum absolute atomic E-state index is 0.0406. The van der Waals surface area contributed by atoms with Crippen LogP contribution < -0.4 is 16.0 Å². The van der Waals surface area contributed by atoms with E-state index in [1.807, 2.05) is 30.3 Å². The van der Waals surface area contributed by atoms with E-state index in [0.717, 1.165) is 15.8 Å². The Morgan fingerprint density at radius 1 is 1.07 bits per heavy atom. The van der Waals surface area contributed by atoms with E-state index in [2.05, 4.69) is 30.8 Å². The third-order valence-electron chi connectivity index (χ3n) is 3.65. The van der Waals surface area contributed by atoms with Crippen LogP contribution in [0.1, 0.15) is 18.4 Å². The van der Waals surface area contributed by atoms with Gasteiger partial charge in [-0.1, -0.05) is 40.5 Å².